The van der Waals surface area contributed by atoms with E-state index in [4.69, 9.17) is 4.74 Å². The number of halogens is 3. The Bertz CT molecular complexity index is 1060. The van der Waals surface area contributed by atoms with Gasteiger partial charge in [0, 0.05) is 22.6 Å². The zero-order chi connectivity index (χ0) is 23.1. The number of benzene rings is 3. The summed E-state index contributed by atoms with van der Waals surface area (Å²) in [6, 6.07) is 17.6. The second kappa shape index (κ2) is 9.86. The number of nitrogens with one attached hydrogen (secondary N) is 3. The molecule has 0 unspecified atom stereocenters. The number of amides is 2. The largest absolute Gasteiger partial charge is 0.497 e. The van der Waals surface area contributed by atoms with Gasteiger partial charge in [0.2, 0.25) is 5.91 Å². The van der Waals surface area contributed by atoms with Gasteiger partial charge in [-0.05, 0) is 72.8 Å². The summed E-state index contributed by atoms with van der Waals surface area (Å²) >= 11 is 0. The van der Waals surface area contributed by atoms with Gasteiger partial charge in [-0.15, -0.1) is 0 Å². The Kier molecular flexibility index (Phi) is 6.99. The van der Waals surface area contributed by atoms with Gasteiger partial charge in [0.1, 0.15) is 5.75 Å². The quantitative estimate of drug-likeness (QED) is 0.479. The summed E-state index contributed by atoms with van der Waals surface area (Å²) < 4.78 is 42.8. The van der Waals surface area contributed by atoms with Gasteiger partial charge in [-0.25, -0.2) is 0 Å². The monoisotopic (exact) mass is 443 g/mol. The van der Waals surface area contributed by atoms with Crippen LogP contribution < -0.4 is 20.7 Å². The fraction of sp³-hybridized carbons (Fsp3) is 0.130. The number of methoxy groups -OCH3 is 1. The van der Waals surface area contributed by atoms with Crippen molar-refractivity contribution < 1.29 is 27.5 Å². The highest BCUT2D eigenvalue weighted by atomic mass is 19.4. The molecule has 0 spiro atoms. The maximum atomic E-state index is 12.6. The number of rotatable bonds is 7. The van der Waals surface area contributed by atoms with E-state index in [0.717, 1.165) is 12.1 Å². The number of hydrogen-bond acceptors (Lipinski definition) is 4. The number of ether oxygens (including phenoxy) is 1. The Morgan fingerprint density at radius 1 is 0.781 bits per heavy atom. The first-order chi connectivity index (χ1) is 15.2. The maximum absolute atomic E-state index is 12.6. The zero-order valence-corrected chi connectivity index (χ0v) is 17.0. The lowest BCUT2D eigenvalue weighted by atomic mass is 10.2. The van der Waals surface area contributed by atoms with Gasteiger partial charge in [0.15, 0.2) is 0 Å². The number of carbonyl (C=O) groups excluding carboxylic acids is 2. The average Bonchev–Trinajstić information content (AvgIpc) is 2.78. The predicted octanol–water partition coefficient (Wildman–Crippen LogP) is 5.02. The van der Waals surface area contributed by atoms with Crippen molar-refractivity contribution in [2.24, 2.45) is 0 Å². The van der Waals surface area contributed by atoms with E-state index in [2.05, 4.69) is 16.0 Å². The fourth-order valence-electron chi connectivity index (χ4n) is 2.75. The van der Waals surface area contributed by atoms with Crippen LogP contribution in [0.3, 0.4) is 0 Å². The number of alkyl halides is 3. The minimum Gasteiger partial charge on any atom is -0.497 e. The van der Waals surface area contributed by atoms with Gasteiger partial charge in [0.25, 0.3) is 5.91 Å². The molecule has 32 heavy (non-hydrogen) atoms. The summed E-state index contributed by atoms with van der Waals surface area (Å²) in [4.78, 5) is 24.4. The molecule has 0 aliphatic heterocycles. The van der Waals surface area contributed by atoms with E-state index >= 15 is 0 Å². The van der Waals surface area contributed by atoms with Crippen LogP contribution in [0.1, 0.15) is 15.9 Å². The van der Waals surface area contributed by atoms with Gasteiger partial charge >= 0.3 is 6.18 Å². The molecule has 0 heterocycles. The van der Waals surface area contributed by atoms with E-state index in [1.54, 1.807) is 55.6 Å². The summed E-state index contributed by atoms with van der Waals surface area (Å²) in [5.41, 5.74) is 1.12. The number of carbonyl (C=O) groups is 2. The van der Waals surface area contributed by atoms with Crippen molar-refractivity contribution in [2.45, 2.75) is 6.18 Å². The molecular weight excluding hydrogens is 423 g/mol. The van der Waals surface area contributed by atoms with Gasteiger partial charge in [-0.2, -0.15) is 13.2 Å². The second-order valence-electron chi connectivity index (χ2n) is 6.74. The van der Waals surface area contributed by atoms with E-state index in [-0.39, 0.29) is 18.4 Å². The second-order valence-corrected chi connectivity index (χ2v) is 6.74. The summed E-state index contributed by atoms with van der Waals surface area (Å²) in [5, 5.41) is 8.16. The zero-order valence-electron chi connectivity index (χ0n) is 17.0. The van der Waals surface area contributed by atoms with Crippen molar-refractivity contribution in [3.63, 3.8) is 0 Å². The first-order valence-electron chi connectivity index (χ1n) is 9.51. The van der Waals surface area contributed by atoms with E-state index in [1.165, 1.54) is 12.1 Å². The van der Waals surface area contributed by atoms with E-state index < -0.39 is 11.7 Å². The lowest BCUT2D eigenvalue weighted by Gasteiger charge is -2.10. The molecule has 0 aromatic heterocycles. The third-order valence-electron chi connectivity index (χ3n) is 4.44. The van der Waals surface area contributed by atoms with Crippen LogP contribution in [-0.2, 0) is 11.0 Å². The Morgan fingerprint density at radius 3 is 1.88 bits per heavy atom. The first-order valence-corrected chi connectivity index (χ1v) is 9.51. The van der Waals surface area contributed by atoms with E-state index in [9.17, 15) is 22.8 Å². The smallest absolute Gasteiger partial charge is 0.416 e. The molecule has 0 bridgehead atoms. The Morgan fingerprint density at radius 2 is 1.31 bits per heavy atom. The van der Waals surface area contributed by atoms with Crippen molar-refractivity contribution in [3.8, 4) is 5.75 Å². The summed E-state index contributed by atoms with van der Waals surface area (Å²) in [7, 11) is 1.55. The topological polar surface area (TPSA) is 79.5 Å². The Hall–Kier alpha value is -4.01. The lowest BCUT2D eigenvalue weighted by molar-refractivity contribution is -0.137. The molecule has 9 heteroatoms. The van der Waals surface area contributed by atoms with E-state index in [1.807, 2.05) is 0 Å². The molecule has 0 fully saturated rings. The number of hydrogen-bond donors (Lipinski definition) is 3. The molecule has 3 rings (SSSR count). The van der Waals surface area contributed by atoms with Crippen molar-refractivity contribution >= 4 is 28.9 Å². The molecule has 0 radical (unpaired) electrons. The molecule has 3 aromatic carbocycles. The van der Waals surface area contributed by atoms with Crippen LogP contribution >= 0.6 is 0 Å². The highest BCUT2D eigenvalue weighted by Gasteiger charge is 2.29. The highest BCUT2D eigenvalue weighted by molar-refractivity contribution is 6.04. The van der Waals surface area contributed by atoms with Crippen LogP contribution in [0.2, 0.25) is 0 Å². The van der Waals surface area contributed by atoms with Crippen LogP contribution in [0.25, 0.3) is 0 Å². The van der Waals surface area contributed by atoms with Crippen LogP contribution in [0.15, 0.2) is 72.8 Å². The normalized spacial score (nSPS) is 10.9. The third kappa shape index (κ3) is 6.24. The molecular formula is C23H20F3N3O3. The Labute approximate surface area is 182 Å². The first kappa shape index (κ1) is 22.7. The summed E-state index contributed by atoms with van der Waals surface area (Å²) in [5.74, 6) is -0.0201. The lowest BCUT2D eigenvalue weighted by Crippen LogP contribution is -2.21. The standard InChI is InChI=1S/C23H20F3N3O3/c1-32-20-12-10-19(11-13-20)29-22(31)15-2-6-18(7-3-15)28-21(30)14-27-17-8-4-16(5-9-17)23(24,25)26/h2-13,27H,14H2,1H3,(H,28,30)(H,29,31). The molecule has 0 saturated heterocycles. The third-order valence-corrected chi connectivity index (χ3v) is 4.44. The molecule has 3 aromatic rings. The summed E-state index contributed by atoms with van der Waals surface area (Å²) in [6.45, 7) is -0.134. The van der Waals surface area contributed by atoms with Crippen LogP contribution in [0.4, 0.5) is 30.2 Å². The van der Waals surface area contributed by atoms with E-state index in [0.29, 0.717) is 28.4 Å². The molecule has 0 aliphatic rings. The van der Waals surface area contributed by atoms with Gasteiger partial charge in [0.05, 0.1) is 19.2 Å². The SMILES string of the molecule is COc1ccc(NC(=O)c2ccc(NC(=O)CNc3ccc(C(F)(F)F)cc3)cc2)cc1. The van der Waals surface area contributed by atoms with Gasteiger partial charge in [-0.1, -0.05) is 0 Å². The van der Waals surface area contributed by atoms with Gasteiger partial charge < -0.3 is 20.7 Å². The van der Waals surface area contributed by atoms with Crippen LogP contribution in [0.5, 0.6) is 5.75 Å². The maximum Gasteiger partial charge on any atom is 0.416 e. The highest BCUT2D eigenvalue weighted by Crippen LogP contribution is 2.29. The van der Waals surface area contributed by atoms with Gasteiger partial charge in [-0.3, -0.25) is 9.59 Å². The van der Waals surface area contributed by atoms with Crippen molar-refractivity contribution in [1.82, 2.24) is 0 Å². The number of anilines is 3. The molecule has 0 aliphatic carbocycles. The van der Waals surface area contributed by atoms with Crippen molar-refractivity contribution in [1.29, 1.82) is 0 Å². The van der Waals surface area contributed by atoms with Crippen LogP contribution in [-0.4, -0.2) is 25.5 Å². The average molecular weight is 443 g/mol. The minimum absolute atomic E-state index is 0.134. The fourth-order valence-corrected chi connectivity index (χ4v) is 2.75. The molecule has 6 nitrogen and oxygen atoms in total. The predicted molar refractivity (Wildman–Crippen MR) is 116 cm³/mol. The minimum atomic E-state index is -4.41. The van der Waals surface area contributed by atoms with Crippen LogP contribution in [0, 0.1) is 0 Å². The molecule has 0 saturated carbocycles. The van der Waals surface area contributed by atoms with Crippen molar-refractivity contribution in [2.75, 3.05) is 29.6 Å². The molecule has 2 amide bonds. The molecule has 3 N–H and O–H groups in total. The molecule has 166 valence electrons. The van der Waals surface area contributed by atoms with Crippen molar-refractivity contribution in [3.05, 3.63) is 83.9 Å². The Balaban J connectivity index is 1.50. The molecule has 0 atom stereocenters. The summed E-state index contributed by atoms with van der Waals surface area (Å²) in [6.07, 6.45) is -4.41.